The van der Waals surface area contributed by atoms with Gasteiger partial charge in [-0.3, -0.25) is 4.79 Å². The van der Waals surface area contributed by atoms with Crippen molar-refractivity contribution in [2.24, 2.45) is 17.6 Å². The first kappa shape index (κ1) is 13.1. The van der Waals surface area contributed by atoms with E-state index in [-0.39, 0.29) is 11.8 Å². The Bertz CT molecular complexity index is 442. The normalized spacial score (nSPS) is 26.2. The lowest BCUT2D eigenvalue weighted by Crippen LogP contribution is -2.29. The summed E-state index contributed by atoms with van der Waals surface area (Å²) in [5.74, 6) is 0.928. The maximum absolute atomic E-state index is 12.2. The zero-order chi connectivity index (χ0) is 13.2. The zero-order valence-electron chi connectivity index (χ0n) is 11.2. The van der Waals surface area contributed by atoms with Crippen molar-refractivity contribution in [2.45, 2.75) is 44.9 Å². The number of amides is 1. The van der Waals surface area contributed by atoms with Gasteiger partial charge < -0.3 is 11.1 Å². The molecule has 4 nitrogen and oxygen atoms in total. The first-order valence-electron chi connectivity index (χ1n) is 7.25. The van der Waals surface area contributed by atoms with Crippen molar-refractivity contribution in [3.63, 3.8) is 0 Å². The highest BCUT2D eigenvalue weighted by Crippen LogP contribution is 2.32. The Kier molecular flexibility index (Phi) is 3.84. The molecule has 2 aliphatic rings. The molecule has 104 valence electrons. The summed E-state index contributed by atoms with van der Waals surface area (Å²) in [7, 11) is 0. The molecular weight excluding hydrogens is 258 g/mol. The quantitative estimate of drug-likeness (QED) is 0.892. The minimum atomic E-state index is 0.154. The second-order valence-electron chi connectivity index (χ2n) is 5.69. The van der Waals surface area contributed by atoms with Crippen LogP contribution in [0.5, 0.6) is 0 Å². The summed E-state index contributed by atoms with van der Waals surface area (Å²) in [6.07, 6.45) is 7.53. The summed E-state index contributed by atoms with van der Waals surface area (Å²) in [4.78, 5) is 18.1. The van der Waals surface area contributed by atoms with Crippen LogP contribution in [-0.4, -0.2) is 17.4 Å². The third-order valence-electron chi connectivity index (χ3n) is 4.38. The summed E-state index contributed by atoms with van der Waals surface area (Å²) < 4.78 is 0. The van der Waals surface area contributed by atoms with Crippen LogP contribution in [0.25, 0.3) is 0 Å². The number of hydrogen-bond acceptors (Lipinski definition) is 4. The maximum Gasteiger partial charge on any atom is 0.229 e. The molecule has 1 fully saturated rings. The molecule has 0 aliphatic heterocycles. The number of aryl methyl sites for hydroxylation is 2. The monoisotopic (exact) mass is 279 g/mol. The Morgan fingerprint density at radius 3 is 2.79 bits per heavy atom. The van der Waals surface area contributed by atoms with Crippen LogP contribution in [0.15, 0.2) is 0 Å². The van der Waals surface area contributed by atoms with Gasteiger partial charge in [-0.05, 0) is 57.4 Å². The number of nitrogens with one attached hydrogen (secondary N) is 1. The average molecular weight is 279 g/mol. The fraction of sp³-hybridized carbons (Fsp3) is 0.714. The van der Waals surface area contributed by atoms with Crippen molar-refractivity contribution in [3.8, 4) is 0 Å². The minimum Gasteiger partial charge on any atom is -0.330 e. The molecule has 1 saturated carbocycles. The van der Waals surface area contributed by atoms with Crippen LogP contribution in [-0.2, 0) is 17.6 Å². The van der Waals surface area contributed by atoms with Crippen LogP contribution in [0, 0.1) is 11.8 Å². The standard InChI is InChI=1S/C14H21N3OS/c15-8-9-4-6-10(7-5-9)13(18)17-14-16-11-2-1-3-12(11)19-14/h9-10H,1-8,15H2,(H,16,17,18). The van der Waals surface area contributed by atoms with Gasteiger partial charge in [0.2, 0.25) is 5.91 Å². The van der Waals surface area contributed by atoms with Gasteiger partial charge in [0, 0.05) is 10.8 Å². The molecule has 0 radical (unpaired) electrons. The van der Waals surface area contributed by atoms with Crippen molar-refractivity contribution in [1.82, 2.24) is 4.98 Å². The van der Waals surface area contributed by atoms with E-state index in [4.69, 9.17) is 5.73 Å². The molecule has 0 saturated heterocycles. The SMILES string of the molecule is NCC1CCC(C(=O)Nc2nc3c(s2)CCC3)CC1. The van der Waals surface area contributed by atoms with Crippen LogP contribution in [0.2, 0.25) is 0 Å². The Labute approximate surface area is 117 Å². The van der Waals surface area contributed by atoms with Gasteiger partial charge in [0.15, 0.2) is 5.13 Å². The van der Waals surface area contributed by atoms with E-state index in [1.54, 1.807) is 11.3 Å². The van der Waals surface area contributed by atoms with Crippen LogP contribution in [0.1, 0.15) is 42.7 Å². The van der Waals surface area contributed by atoms with E-state index >= 15 is 0 Å². The second kappa shape index (κ2) is 5.59. The second-order valence-corrected chi connectivity index (χ2v) is 6.77. The molecule has 3 rings (SSSR count). The molecule has 3 N–H and O–H groups in total. The van der Waals surface area contributed by atoms with Gasteiger partial charge in [-0.2, -0.15) is 0 Å². The smallest absolute Gasteiger partial charge is 0.229 e. The van der Waals surface area contributed by atoms with Gasteiger partial charge in [0.05, 0.1) is 5.69 Å². The van der Waals surface area contributed by atoms with Crippen molar-refractivity contribution < 1.29 is 4.79 Å². The number of carbonyl (C=O) groups is 1. The van der Waals surface area contributed by atoms with Crippen LogP contribution in [0.3, 0.4) is 0 Å². The topological polar surface area (TPSA) is 68.0 Å². The fourth-order valence-electron chi connectivity index (χ4n) is 3.11. The predicted molar refractivity (Wildman–Crippen MR) is 77.3 cm³/mol. The van der Waals surface area contributed by atoms with Crippen LogP contribution < -0.4 is 11.1 Å². The summed E-state index contributed by atoms with van der Waals surface area (Å²) in [6, 6.07) is 0. The number of thiazole rings is 1. The largest absolute Gasteiger partial charge is 0.330 e. The van der Waals surface area contributed by atoms with Crippen molar-refractivity contribution in [1.29, 1.82) is 0 Å². The number of aromatic nitrogens is 1. The molecule has 1 heterocycles. The van der Waals surface area contributed by atoms with Gasteiger partial charge in [-0.15, -0.1) is 11.3 Å². The van der Waals surface area contributed by atoms with Crippen LogP contribution >= 0.6 is 11.3 Å². The number of carbonyl (C=O) groups excluding carboxylic acids is 1. The molecule has 1 aromatic heterocycles. The van der Waals surface area contributed by atoms with E-state index in [2.05, 4.69) is 10.3 Å². The van der Waals surface area contributed by atoms with Crippen LogP contribution in [0.4, 0.5) is 5.13 Å². The Morgan fingerprint density at radius 1 is 1.32 bits per heavy atom. The summed E-state index contributed by atoms with van der Waals surface area (Å²) >= 11 is 1.66. The molecule has 1 amide bonds. The summed E-state index contributed by atoms with van der Waals surface area (Å²) in [5.41, 5.74) is 6.88. The van der Waals surface area contributed by atoms with E-state index in [9.17, 15) is 4.79 Å². The molecule has 0 unspecified atom stereocenters. The molecule has 0 aromatic carbocycles. The van der Waals surface area contributed by atoms with Crippen molar-refractivity contribution in [3.05, 3.63) is 10.6 Å². The fourth-order valence-corrected chi connectivity index (χ4v) is 4.16. The molecule has 0 atom stereocenters. The van der Waals surface area contributed by atoms with Crippen molar-refractivity contribution >= 4 is 22.4 Å². The molecule has 5 heteroatoms. The minimum absolute atomic E-state index is 0.154. The molecule has 2 aliphatic carbocycles. The predicted octanol–water partition coefficient (Wildman–Crippen LogP) is 2.34. The van der Waals surface area contributed by atoms with Gasteiger partial charge >= 0.3 is 0 Å². The van der Waals surface area contributed by atoms with E-state index in [1.165, 1.54) is 17.0 Å². The van der Waals surface area contributed by atoms with E-state index in [0.29, 0.717) is 5.92 Å². The lowest BCUT2D eigenvalue weighted by molar-refractivity contribution is -0.121. The Balaban J connectivity index is 1.56. The van der Waals surface area contributed by atoms with Gasteiger partial charge in [-0.1, -0.05) is 0 Å². The molecule has 19 heavy (non-hydrogen) atoms. The number of hydrogen-bond donors (Lipinski definition) is 2. The highest BCUT2D eigenvalue weighted by Gasteiger charge is 2.26. The highest BCUT2D eigenvalue weighted by atomic mass is 32.1. The van der Waals surface area contributed by atoms with Gasteiger partial charge in [-0.25, -0.2) is 4.98 Å². The number of fused-ring (bicyclic) bond motifs is 1. The zero-order valence-corrected chi connectivity index (χ0v) is 12.0. The molecule has 0 bridgehead atoms. The van der Waals surface area contributed by atoms with Crippen molar-refractivity contribution in [2.75, 3.05) is 11.9 Å². The summed E-state index contributed by atoms with van der Waals surface area (Å²) in [6.45, 7) is 0.757. The third-order valence-corrected chi connectivity index (χ3v) is 5.45. The average Bonchev–Trinajstić information content (AvgIpc) is 2.99. The summed E-state index contributed by atoms with van der Waals surface area (Å²) in [5, 5.41) is 3.81. The van der Waals surface area contributed by atoms with E-state index < -0.39 is 0 Å². The molecular formula is C14H21N3OS. The lowest BCUT2D eigenvalue weighted by Gasteiger charge is -2.26. The molecule has 0 spiro atoms. The first-order valence-corrected chi connectivity index (χ1v) is 8.07. The first-order chi connectivity index (χ1) is 9.26. The number of rotatable bonds is 3. The van der Waals surface area contributed by atoms with Gasteiger partial charge in [0.25, 0.3) is 0 Å². The highest BCUT2D eigenvalue weighted by molar-refractivity contribution is 7.15. The van der Waals surface area contributed by atoms with E-state index in [1.807, 2.05) is 0 Å². The number of nitrogens with two attached hydrogens (primary N) is 1. The van der Waals surface area contributed by atoms with E-state index in [0.717, 1.165) is 50.2 Å². The number of anilines is 1. The third kappa shape index (κ3) is 2.82. The lowest BCUT2D eigenvalue weighted by atomic mass is 9.82. The van der Waals surface area contributed by atoms with Gasteiger partial charge in [0.1, 0.15) is 0 Å². The Morgan fingerprint density at radius 2 is 2.11 bits per heavy atom. The maximum atomic E-state index is 12.2. The Hall–Kier alpha value is -0.940. The number of nitrogens with zero attached hydrogens (tertiary/aromatic N) is 1. The molecule has 1 aromatic rings.